The van der Waals surface area contributed by atoms with Gasteiger partial charge in [-0.1, -0.05) is 36.4 Å². The van der Waals surface area contributed by atoms with Gasteiger partial charge in [-0.15, -0.1) is 0 Å². The van der Waals surface area contributed by atoms with Crippen LogP contribution in [0.4, 0.5) is 17.1 Å². The molecular weight excluding hydrogens is 346 g/mol. The minimum Gasteiger partial charge on any atom is -0.271 e. The van der Waals surface area contributed by atoms with Crippen LogP contribution in [0.2, 0.25) is 0 Å². The number of amides is 1. The second-order valence-corrected chi connectivity index (χ2v) is 5.98. The Hall–Kier alpha value is -3.68. The van der Waals surface area contributed by atoms with Gasteiger partial charge < -0.3 is 0 Å². The zero-order valence-corrected chi connectivity index (χ0v) is 15.0. The molecule has 1 N–H and O–H groups in total. The van der Waals surface area contributed by atoms with E-state index in [2.05, 4.69) is 10.5 Å². The highest BCUT2D eigenvalue weighted by atomic mass is 16.6. The highest BCUT2D eigenvalue weighted by Crippen LogP contribution is 2.23. The van der Waals surface area contributed by atoms with Gasteiger partial charge in [0.2, 0.25) is 0 Å². The van der Waals surface area contributed by atoms with Crippen LogP contribution in [0, 0.1) is 24.0 Å². The van der Waals surface area contributed by atoms with E-state index in [0.717, 1.165) is 11.4 Å². The molecule has 2 aromatic carbocycles. The quantitative estimate of drug-likeness (QED) is 0.534. The Balaban J connectivity index is 1.84. The topological polar surface area (TPSA) is 93.3 Å². The zero-order chi connectivity index (χ0) is 19.4. The molecule has 138 valence electrons. The number of nitrogens with zero attached hydrogens (tertiary/aromatic N) is 4. The van der Waals surface area contributed by atoms with Crippen molar-refractivity contribution in [3.63, 3.8) is 0 Å². The highest BCUT2D eigenvalue weighted by molar-refractivity contribution is 5.80. The van der Waals surface area contributed by atoms with Gasteiger partial charge in [0.05, 0.1) is 16.3 Å². The lowest BCUT2D eigenvalue weighted by Gasteiger charge is -2.25. The van der Waals surface area contributed by atoms with E-state index in [4.69, 9.17) is 0 Å². The molecule has 0 aliphatic carbocycles. The van der Waals surface area contributed by atoms with Crippen LogP contribution in [-0.4, -0.2) is 20.6 Å². The van der Waals surface area contributed by atoms with Crippen LogP contribution < -0.4 is 10.4 Å². The Morgan fingerprint density at radius 2 is 1.59 bits per heavy atom. The van der Waals surface area contributed by atoms with Crippen molar-refractivity contribution in [2.75, 3.05) is 5.01 Å². The van der Waals surface area contributed by atoms with Gasteiger partial charge in [0.15, 0.2) is 0 Å². The Labute approximate surface area is 156 Å². The van der Waals surface area contributed by atoms with Crippen LogP contribution in [0.25, 0.3) is 0 Å². The van der Waals surface area contributed by atoms with E-state index < -0.39 is 4.92 Å². The molecule has 1 amide bonds. The SMILES string of the molecule is Cc1nn(CC(=O)NN(c2ccccc2)c2ccccc2)c(C)c1[N+](=O)[O-]. The fraction of sp³-hybridized carbons (Fsp3) is 0.158. The van der Waals surface area contributed by atoms with Crippen molar-refractivity contribution in [2.45, 2.75) is 20.4 Å². The average Bonchev–Trinajstić information content (AvgIpc) is 2.94. The molecule has 0 unspecified atom stereocenters. The zero-order valence-electron chi connectivity index (χ0n) is 15.0. The third-order valence-corrected chi connectivity index (χ3v) is 4.08. The van der Waals surface area contributed by atoms with Gasteiger partial charge in [0, 0.05) is 0 Å². The summed E-state index contributed by atoms with van der Waals surface area (Å²) in [6.07, 6.45) is 0. The summed E-state index contributed by atoms with van der Waals surface area (Å²) in [5.74, 6) is -0.344. The molecule has 1 heterocycles. The number of aromatic nitrogens is 2. The van der Waals surface area contributed by atoms with Crippen molar-refractivity contribution in [3.05, 3.63) is 82.2 Å². The van der Waals surface area contributed by atoms with E-state index in [0.29, 0.717) is 5.69 Å². The van der Waals surface area contributed by atoms with Crippen molar-refractivity contribution in [2.24, 2.45) is 0 Å². The smallest absolute Gasteiger partial charge is 0.271 e. The first-order chi connectivity index (χ1) is 13.0. The molecule has 0 saturated heterocycles. The molecule has 0 spiro atoms. The van der Waals surface area contributed by atoms with Gasteiger partial charge in [0.25, 0.3) is 5.91 Å². The Morgan fingerprint density at radius 3 is 2.04 bits per heavy atom. The van der Waals surface area contributed by atoms with Crippen LogP contribution in [0.1, 0.15) is 11.4 Å². The van der Waals surface area contributed by atoms with E-state index in [-0.39, 0.29) is 23.8 Å². The fourth-order valence-corrected chi connectivity index (χ4v) is 2.83. The second-order valence-electron chi connectivity index (χ2n) is 5.98. The molecule has 27 heavy (non-hydrogen) atoms. The largest absolute Gasteiger partial charge is 0.312 e. The number of carbonyl (C=O) groups is 1. The summed E-state index contributed by atoms with van der Waals surface area (Å²) in [5, 5.41) is 16.9. The van der Waals surface area contributed by atoms with Crippen molar-refractivity contribution >= 4 is 23.0 Å². The van der Waals surface area contributed by atoms with Crippen molar-refractivity contribution < 1.29 is 9.72 Å². The molecule has 3 rings (SSSR count). The summed E-state index contributed by atoms with van der Waals surface area (Å²) in [6, 6.07) is 18.8. The average molecular weight is 365 g/mol. The molecule has 8 nitrogen and oxygen atoms in total. The standard InChI is InChI=1S/C19H19N5O3/c1-14-19(24(26)27)15(2)22(20-14)13-18(25)21-23(16-9-5-3-6-10-16)17-11-7-4-8-12-17/h3-12H,13H2,1-2H3,(H,21,25). The predicted molar refractivity (Wildman–Crippen MR) is 102 cm³/mol. The first-order valence-electron chi connectivity index (χ1n) is 8.35. The van der Waals surface area contributed by atoms with E-state index >= 15 is 0 Å². The molecule has 3 aromatic rings. The minimum atomic E-state index is -0.480. The Kier molecular flexibility index (Phi) is 5.16. The monoisotopic (exact) mass is 365 g/mol. The van der Waals surface area contributed by atoms with Gasteiger partial charge in [-0.3, -0.25) is 30.0 Å². The third kappa shape index (κ3) is 3.95. The third-order valence-electron chi connectivity index (χ3n) is 4.08. The van der Waals surface area contributed by atoms with Crippen LogP contribution >= 0.6 is 0 Å². The lowest BCUT2D eigenvalue weighted by atomic mass is 10.2. The number of para-hydroxylation sites is 2. The number of nitro groups is 1. The molecule has 0 fully saturated rings. The summed E-state index contributed by atoms with van der Waals surface area (Å²) < 4.78 is 1.34. The summed E-state index contributed by atoms with van der Waals surface area (Å²) in [7, 11) is 0. The van der Waals surface area contributed by atoms with Crippen molar-refractivity contribution in [1.82, 2.24) is 15.2 Å². The predicted octanol–water partition coefficient (Wildman–Crippen LogP) is 3.28. The molecule has 0 saturated carbocycles. The van der Waals surface area contributed by atoms with E-state index in [9.17, 15) is 14.9 Å². The molecular formula is C19H19N5O3. The highest BCUT2D eigenvalue weighted by Gasteiger charge is 2.23. The van der Waals surface area contributed by atoms with Gasteiger partial charge in [0.1, 0.15) is 17.9 Å². The number of hydrogen-bond donors (Lipinski definition) is 1. The van der Waals surface area contributed by atoms with Crippen LogP contribution in [0.5, 0.6) is 0 Å². The lowest BCUT2D eigenvalue weighted by Crippen LogP contribution is -2.41. The molecule has 1 aromatic heterocycles. The molecule has 0 atom stereocenters. The maximum absolute atomic E-state index is 12.6. The number of rotatable bonds is 6. The van der Waals surface area contributed by atoms with Crippen LogP contribution in [0.3, 0.4) is 0 Å². The summed E-state index contributed by atoms with van der Waals surface area (Å²) >= 11 is 0. The Morgan fingerprint density at radius 1 is 1.07 bits per heavy atom. The number of nitrogens with one attached hydrogen (secondary N) is 1. The number of hydrazine groups is 1. The molecule has 0 aliphatic rings. The number of hydrogen-bond acceptors (Lipinski definition) is 5. The molecule has 8 heteroatoms. The number of aryl methyl sites for hydroxylation is 1. The van der Waals surface area contributed by atoms with Gasteiger partial charge in [-0.25, -0.2) is 0 Å². The first kappa shape index (κ1) is 18.1. The molecule has 0 aliphatic heterocycles. The van der Waals surface area contributed by atoms with Gasteiger partial charge in [-0.2, -0.15) is 5.10 Å². The number of carbonyl (C=O) groups excluding carboxylic acids is 1. The molecule has 0 radical (unpaired) electrons. The number of anilines is 2. The van der Waals surface area contributed by atoms with Gasteiger partial charge >= 0.3 is 5.69 Å². The van der Waals surface area contributed by atoms with Crippen LogP contribution in [0.15, 0.2) is 60.7 Å². The first-order valence-corrected chi connectivity index (χ1v) is 8.35. The Bertz CT molecular complexity index is 915. The van der Waals surface area contributed by atoms with E-state index in [1.165, 1.54) is 4.68 Å². The maximum atomic E-state index is 12.6. The normalized spacial score (nSPS) is 10.4. The second kappa shape index (κ2) is 7.69. The van der Waals surface area contributed by atoms with Crippen molar-refractivity contribution in [3.8, 4) is 0 Å². The van der Waals surface area contributed by atoms with Crippen molar-refractivity contribution in [1.29, 1.82) is 0 Å². The maximum Gasteiger partial charge on any atom is 0.312 e. The van der Waals surface area contributed by atoms with Crippen LogP contribution in [-0.2, 0) is 11.3 Å². The fourth-order valence-electron chi connectivity index (χ4n) is 2.83. The minimum absolute atomic E-state index is 0.0641. The van der Waals surface area contributed by atoms with E-state index in [1.807, 2.05) is 60.7 Å². The number of benzene rings is 2. The van der Waals surface area contributed by atoms with Gasteiger partial charge in [-0.05, 0) is 38.1 Å². The summed E-state index contributed by atoms with van der Waals surface area (Å²) in [6.45, 7) is 3.01. The summed E-state index contributed by atoms with van der Waals surface area (Å²) in [4.78, 5) is 23.3. The molecule has 0 bridgehead atoms. The van der Waals surface area contributed by atoms with E-state index in [1.54, 1.807) is 18.9 Å². The summed E-state index contributed by atoms with van der Waals surface area (Å²) in [5.41, 5.74) is 4.99. The lowest BCUT2D eigenvalue weighted by molar-refractivity contribution is -0.386.